The molecule has 1 amide bonds. The Morgan fingerprint density at radius 3 is 2.12 bits per heavy atom. The average Bonchev–Trinajstić information content (AvgIpc) is 2.61. The minimum absolute atomic E-state index is 0.158. The molecule has 0 saturated carbocycles. The van der Waals surface area contributed by atoms with E-state index in [4.69, 9.17) is 9.47 Å². The molecule has 2 aromatic rings. The van der Waals surface area contributed by atoms with Gasteiger partial charge in [-0.15, -0.1) is 0 Å². The van der Waals surface area contributed by atoms with E-state index in [9.17, 15) is 13.2 Å². The number of amides is 1. The van der Waals surface area contributed by atoms with Crippen molar-refractivity contribution < 1.29 is 22.7 Å². The second-order valence-corrected chi connectivity index (χ2v) is 7.39. The number of ether oxygens (including phenoxy) is 2. The van der Waals surface area contributed by atoms with Crippen molar-refractivity contribution in [1.29, 1.82) is 0 Å². The molecular weight excluding hydrogens is 356 g/mol. The molecule has 0 spiro atoms. The molecule has 0 aliphatic heterocycles. The Balaban J connectivity index is 1.91. The smallest absolute Gasteiger partial charge is 0.262 e. The normalized spacial score (nSPS) is 10.9. The van der Waals surface area contributed by atoms with Gasteiger partial charge < -0.3 is 14.8 Å². The molecule has 1 N–H and O–H groups in total. The van der Waals surface area contributed by atoms with Crippen LogP contribution in [-0.2, 0) is 14.8 Å². The number of rotatable bonds is 8. The van der Waals surface area contributed by atoms with Crippen LogP contribution in [0.4, 0.5) is 11.4 Å². The maximum absolute atomic E-state index is 11.9. The van der Waals surface area contributed by atoms with Gasteiger partial charge in [-0.25, -0.2) is 8.42 Å². The minimum atomic E-state index is -3.33. The Morgan fingerprint density at radius 1 is 1.04 bits per heavy atom. The summed E-state index contributed by atoms with van der Waals surface area (Å²) in [6.07, 6.45) is 1.16. The van der Waals surface area contributed by atoms with Crippen LogP contribution in [0.15, 0.2) is 48.5 Å². The summed E-state index contributed by atoms with van der Waals surface area (Å²) in [7, 11) is -1.76. The zero-order chi connectivity index (χ0) is 19.2. The largest absolute Gasteiger partial charge is 0.497 e. The van der Waals surface area contributed by atoms with E-state index in [1.54, 1.807) is 62.6 Å². The Bertz CT molecular complexity index is 833. The highest BCUT2D eigenvalue weighted by atomic mass is 32.2. The van der Waals surface area contributed by atoms with Gasteiger partial charge >= 0.3 is 0 Å². The van der Waals surface area contributed by atoms with Gasteiger partial charge in [0.1, 0.15) is 11.5 Å². The second-order valence-electron chi connectivity index (χ2n) is 5.49. The van der Waals surface area contributed by atoms with Gasteiger partial charge in [-0.05, 0) is 55.5 Å². The number of hydrogen-bond donors (Lipinski definition) is 1. The minimum Gasteiger partial charge on any atom is -0.497 e. The third-order valence-electron chi connectivity index (χ3n) is 3.56. The fourth-order valence-corrected chi connectivity index (χ4v) is 3.31. The molecule has 0 radical (unpaired) electrons. The summed E-state index contributed by atoms with van der Waals surface area (Å²) in [5, 5.41) is 2.72. The molecule has 0 aliphatic rings. The van der Waals surface area contributed by atoms with Crippen LogP contribution >= 0.6 is 0 Å². The zero-order valence-corrected chi connectivity index (χ0v) is 15.7. The van der Waals surface area contributed by atoms with Crippen molar-refractivity contribution in [2.75, 3.05) is 36.1 Å². The molecule has 140 valence electrons. The van der Waals surface area contributed by atoms with Crippen LogP contribution in [0.5, 0.6) is 11.5 Å². The van der Waals surface area contributed by atoms with Crippen LogP contribution < -0.4 is 19.1 Å². The van der Waals surface area contributed by atoms with Gasteiger partial charge in [-0.3, -0.25) is 9.10 Å². The topological polar surface area (TPSA) is 84.9 Å². The van der Waals surface area contributed by atoms with E-state index < -0.39 is 10.0 Å². The van der Waals surface area contributed by atoms with E-state index in [1.807, 2.05) is 0 Å². The van der Waals surface area contributed by atoms with Crippen molar-refractivity contribution in [1.82, 2.24) is 0 Å². The Morgan fingerprint density at radius 2 is 1.62 bits per heavy atom. The number of carbonyl (C=O) groups excluding carboxylic acids is 1. The van der Waals surface area contributed by atoms with Crippen molar-refractivity contribution in [3.63, 3.8) is 0 Å². The van der Waals surface area contributed by atoms with Gasteiger partial charge in [0.25, 0.3) is 5.91 Å². The Hall–Kier alpha value is -2.74. The molecule has 0 heterocycles. The number of carbonyl (C=O) groups is 1. The summed E-state index contributed by atoms with van der Waals surface area (Å²) in [5.41, 5.74) is 1.19. The average molecular weight is 378 g/mol. The van der Waals surface area contributed by atoms with E-state index in [0.29, 0.717) is 29.4 Å². The van der Waals surface area contributed by atoms with E-state index in [1.165, 1.54) is 4.31 Å². The maximum atomic E-state index is 11.9. The van der Waals surface area contributed by atoms with Gasteiger partial charge in [0.15, 0.2) is 6.61 Å². The lowest BCUT2D eigenvalue weighted by Crippen LogP contribution is -2.29. The van der Waals surface area contributed by atoms with Gasteiger partial charge in [0.2, 0.25) is 10.0 Å². The van der Waals surface area contributed by atoms with Crippen LogP contribution in [0.3, 0.4) is 0 Å². The van der Waals surface area contributed by atoms with E-state index in [-0.39, 0.29) is 12.5 Å². The van der Waals surface area contributed by atoms with Crippen molar-refractivity contribution >= 4 is 27.3 Å². The second kappa shape index (κ2) is 8.57. The molecule has 0 aromatic heterocycles. The molecule has 0 bridgehead atoms. The first kappa shape index (κ1) is 19.6. The van der Waals surface area contributed by atoms with E-state index >= 15 is 0 Å². The first-order valence-electron chi connectivity index (χ1n) is 7.98. The summed E-state index contributed by atoms with van der Waals surface area (Å²) >= 11 is 0. The number of nitrogens with one attached hydrogen (secondary N) is 1. The maximum Gasteiger partial charge on any atom is 0.262 e. The lowest BCUT2D eigenvalue weighted by molar-refractivity contribution is -0.118. The molecular formula is C18H22N2O5S. The van der Waals surface area contributed by atoms with E-state index in [2.05, 4.69) is 5.32 Å². The van der Waals surface area contributed by atoms with Crippen LogP contribution in [0.1, 0.15) is 6.92 Å². The molecule has 8 heteroatoms. The van der Waals surface area contributed by atoms with Crippen molar-refractivity contribution in [2.24, 2.45) is 0 Å². The van der Waals surface area contributed by atoms with Gasteiger partial charge in [0.05, 0.1) is 19.1 Å². The number of sulfonamides is 1. The molecule has 0 atom stereocenters. The zero-order valence-electron chi connectivity index (χ0n) is 14.9. The number of hydrogen-bond acceptors (Lipinski definition) is 5. The summed E-state index contributed by atoms with van der Waals surface area (Å²) in [5.74, 6) is 0.878. The third kappa shape index (κ3) is 5.38. The number of benzene rings is 2. The molecule has 2 rings (SSSR count). The van der Waals surface area contributed by atoms with Crippen molar-refractivity contribution in [3.8, 4) is 11.5 Å². The van der Waals surface area contributed by atoms with Crippen LogP contribution in [0.2, 0.25) is 0 Å². The predicted octanol–water partition coefficient (Wildman–Crippen LogP) is 2.50. The summed E-state index contributed by atoms with van der Waals surface area (Å²) < 4.78 is 35.2. The number of nitrogens with zero attached hydrogens (tertiary/aromatic N) is 1. The molecule has 0 aliphatic carbocycles. The third-order valence-corrected chi connectivity index (χ3v) is 4.83. The summed E-state index contributed by atoms with van der Waals surface area (Å²) in [6.45, 7) is 1.94. The SMILES string of the molecule is CCN(c1ccc(OCC(=O)Nc2ccc(OC)cc2)cc1)S(C)(=O)=O. The Kier molecular flexibility index (Phi) is 6.46. The van der Waals surface area contributed by atoms with Crippen LogP contribution in [0.25, 0.3) is 0 Å². The molecule has 26 heavy (non-hydrogen) atoms. The van der Waals surface area contributed by atoms with Crippen molar-refractivity contribution in [3.05, 3.63) is 48.5 Å². The fourth-order valence-electron chi connectivity index (χ4n) is 2.34. The van der Waals surface area contributed by atoms with Crippen LogP contribution in [0, 0.1) is 0 Å². The lowest BCUT2D eigenvalue weighted by Gasteiger charge is -2.20. The Labute approximate surface area is 153 Å². The lowest BCUT2D eigenvalue weighted by atomic mass is 10.3. The monoisotopic (exact) mass is 378 g/mol. The van der Waals surface area contributed by atoms with E-state index in [0.717, 1.165) is 6.26 Å². The molecule has 0 saturated heterocycles. The predicted molar refractivity (Wildman–Crippen MR) is 101 cm³/mol. The quantitative estimate of drug-likeness (QED) is 0.763. The van der Waals surface area contributed by atoms with Gasteiger partial charge in [-0.1, -0.05) is 0 Å². The first-order chi connectivity index (χ1) is 12.3. The summed E-state index contributed by atoms with van der Waals surface area (Å²) in [6, 6.07) is 13.5. The standard InChI is InChI=1S/C18H22N2O5S/c1-4-20(26(3,22)23)15-7-11-17(12-8-15)25-13-18(21)19-14-5-9-16(24-2)10-6-14/h5-12H,4,13H2,1-3H3,(H,19,21). The highest BCUT2D eigenvalue weighted by Gasteiger charge is 2.15. The summed E-state index contributed by atoms with van der Waals surface area (Å²) in [4.78, 5) is 11.9. The number of anilines is 2. The highest BCUT2D eigenvalue weighted by Crippen LogP contribution is 2.21. The fraction of sp³-hybridized carbons (Fsp3) is 0.278. The molecule has 2 aromatic carbocycles. The first-order valence-corrected chi connectivity index (χ1v) is 9.82. The molecule has 7 nitrogen and oxygen atoms in total. The van der Waals surface area contributed by atoms with Crippen molar-refractivity contribution in [2.45, 2.75) is 6.92 Å². The van der Waals surface area contributed by atoms with Gasteiger partial charge in [0, 0.05) is 12.2 Å². The molecule has 0 unspecified atom stereocenters. The van der Waals surface area contributed by atoms with Gasteiger partial charge in [-0.2, -0.15) is 0 Å². The molecule has 0 fully saturated rings. The highest BCUT2D eigenvalue weighted by molar-refractivity contribution is 7.92. The van der Waals surface area contributed by atoms with Crippen LogP contribution in [-0.4, -0.2) is 40.8 Å². The number of methoxy groups -OCH3 is 1.